The lowest BCUT2D eigenvalue weighted by Gasteiger charge is -2.27. The average molecular weight is 448 g/mol. The Hall–Kier alpha value is -3.42. The SMILES string of the molecule is COc1ccc2[nH]cc(C(=O)N3CCCC3c3ncc(C(=O)N4CCCCC4)c(C)n3)c2c1. The van der Waals surface area contributed by atoms with E-state index < -0.39 is 0 Å². The summed E-state index contributed by atoms with van der Waals surface area (Å²) in [6.07, 6.45) is 8.35. The third-order valence-corrected chi connectivity index (χ3v) is 6.80. The number of likely N-dealkylation sites (tertiary alicyclic amines) is 2. The van der Waals surface area contributed by atoms with Crippen molar-refractivity contribution in [3.8, 4) is 5.75 Å². The molecule has 1 N–H and O–H groups in total. The van der Waals surface area contributed by atoms with Gasteiger partial charge in [0.05, 0.1) is 30.0 Å². The number of H-pyrrole nitrogens is 1. The van der Waals surface area contributed by atoms with Crippen LogP contribution >= 0.6 is 0 Å². The number of fused-ring (bicyclic) bond motifs is 1. The maximum atomic E-state index is 13.5. The number of hydrogen-bond acceptors (Lipinski definition) is 5. The van der Waals surface area contributed by atoms with E-state index in [0.29, 0.717) is 34.9 Å². The summed E-state index contributed by atoms with van der Waals surface area (Å²) in [7, 11) is 1.62. The number of aromatic nitrogens is 3. The van der Waals surface area contributed by atoms with Gasteiger partial charge in [0.15, 0.2) is 5.82 Å². The van der Waals surface area contributed by atoms with Crippen LogP contribution in [-0.4, -0.2) is 63.3 Å². The number of ether oxygens (including phenoxy) is 1. The molecule has 8 heteroatoms. The molecule has 172 valence electrons. The highest BCUT2D eigenvalue weighted by atomic mass is 16.5. The molecule has 5 rings (SSSR count). The van der Waals surface area contributed by atoms with Crippen LogP contribution in [0, 0.1) is 6.92 Å². The van der Waals surface area contributed by atoms with Crippen molar-refractivity contribution in [1.82, 2.24) is 24.8 Å². The topological polar surface area (TPSA) is 91.4 Å². The summed E-state index contributed by atoms with van der Waals surface area (Å²) < 4.78 is 5.34. The van der Waals surface area contributed by atoms with E-state index >= 15 is 0 Å². The van der Waals surface area contributed by atoms with Gasteiger partial charge in [0.25, 0.3) is 11.8 Å². The van der Waals surface area contributed by atoms with Gasteiger partial charge in [-0.3, -0.25) is 9.59 Å². The Morgan fingerprint density at radius 3 is 2.64 bits per heavy atom. The molecule has 0 saturated carbocycles. The number of nitrogens with zero attached hydrogens (tertiary/aromatic N) is 4. The highest BCUT2D eigenvalue weighted by molar-refractivity contribution is 6.07. The highest BCUT2D eigenvalue weighted by Gasteiger charge is 2.34. The third kappa shape index (κ3) is 3.94. The second kappa shape index (κ2) is 8.84. The maximum Gasteiger partial charge on any atom is 0.257 e. The monoisotopic (exact) mass is 447 g/mol. The number of aromatic amines is 1. The number of amides is 2. The number of rotatable bonds is 4. The molecule has 0 bridgehead atoms. The number of nitrogens with one attached hydrogen (secondary N) is 1. The Kier molecular flexibility index (Phi) is 5.74. The molecule has 0 radical (unpaired) electrons. The predicted octanol–water partition coefficient (Wildman–Crippen LogP) is 3.88. The Morgan fingerprint density at radius 2 is 1.88 bits per heavy atom. The first kappa shape index (κ1) is 21.4. The number of carbonyl (C=O) groups is 2. The number of benzene rings is 1. The molecule has 4 heterocycles. The first-order chi connectivity index (χ1) is 16.1. The zero-order valence-corrected chi connectivity index (χ0v) is 19.1. The standard InChI is InChI=1S/C25H29N5O3/c1-16-19(24(31)29-10-4-3-5-11-29)14-27-23(28-16)22-7-6-12-30(22)25(32)20-15-26-21-9-8-17(33-2)13-18(20)21/h8-9,13-15,22,26H,3-7,10-12H2,1-2H3. The van der Waals surface area contributed by atoms with Crippen molar-refractivity contribution in [2.75, 3.05) is 26.7 Å². The summed E-state index contributed by atoms with van der Waals surface area (Å²) in [6.45, 7) is 4.09. The largest absolute Gasteiger partial charge is 0.497 e. The van der Waals surface area contributed by atoms with Crippen LogP contribution in [0.4, 0.5) is 0 Å². The minimum Gasteiger partial charge on any atom is -0.497 e. The van der Waals surface area contributed by atoms with Gasteiger partial charge in [0, 0.05) is 42.9 Å². The van der Waals surface area contributed by atoms with Crippen molar-refractivity contribution in [3.05, 3.63) is 53.2 Å². The number of aryl methyl sites for hydroxylation is 1. The maximum absolute atomic E-state index is 13.5. The van der Waals surface area contributed by atoms with E-state index in [1.54, 1.807) is 19.5 Å². The molecule has 33 heavy (non-hydrogen) atoms. The Labute approximate surface area is 193 Å². The van der Waals surface area contributed by atoms with Crippen LogP contribution in [0.5, 0.6) is 5.75 Å². The molecule has 3 aromatic rings. The minimum atomic E-state index is -0.203. The lowest BCUT2D eigenvalue weighted by molar-refractivity contribution is 0.0713. The average Bonchev–Trinajstić information content (AvgIpc) is 3.51. The van der Waals surface area contributed by atoms with Crippen LogP contribution in [0.3, 0.4) is 0 Å². The van der Waals surface area contributed by atoms with Crippen LogP contribution in [0.1, 0.15) is 70.4 Å². The zero-order valence-electron chi connectivity index (χ0n) is 19.1. The molecule has 2 aliphatic heterocycles. The predicted molar refractivity (Wildman–Crippen MR) is 124 cm³/mol. The van der Waals surface area contributed by atoms with Crippen molar-refractivity contribution >= 4 is 22.7 Å². The molecule has 0 aliphatic carbocycles. The van der Waals surface area contributed by atoms with Crippen molar-refractivity contribution in [3.63, 3.8) is 0 Å². The quantitative estimate of drug-likeness (QED) is 0.655. The molecule has 8 nitrogen and oxygen atoms in total. The van der Waals surface area contributed by atoms with Crippen LogP contribution < -0.4 is 4.74 Å². The second-order valence-electron chi connectivity index (χ2n) is 8.85. The lowest BCUT2D eigenvalue weighted by atomic mass is 10.1. The van der Waals surface area contributed by atoms with Gasteiger partial charge in [0.1, 0.15) is 5.75 Å². The van der Waals surface area contributed by atoms with E-state index in [0.717, 1.165) is 49.7 Å². The third-order valence-electron chi connectivity index (χ3n) is 6.80. The molecule has 1 atom stereocenters. The normalized spacial score (nSPS) is 18.7. The molecular weight excluding hydrogens is 418 g/mol. The second-order valence-corrected chi connectivity index (χ2v) is 8.85. The number of methoxy groups -OCH3 is 1. The Bertz CT molecular complexity index is 1200. The lowest BCUT2D eigenvalue weighted by Crippen LogP contribution is -2.36. The van der Waals surface area contributed by atoms with Gasteiger partial charge in [0.2, 0.25) is 0 Å². The zero-order chi connectivity index (χ0) is 22.9. The molecule has 2 saturated heterocycles. The number of hydrogen-bond donors (Lipinski definition) is 1. The van der Waals surface area contributed by atoms with Gasteiger partial charge in [-0.15, -0.1) is 0 Å². The highest BCUT2D eigenvalue weighted by Crippen LogP contribution is 2.33. The van der Waals surface area contributed by atoms with Gasteiger partial charge < -0.3 is 19.5 Å². The first-order valence-corrected chi connectivity index (χ1v) is 11.7. The molecule has 1 unspecified atom stereocenters. The van der Waals surface area contributed by atoms with Crippen LogP contribution in [0.2, 0.25) is 0 Å². The minimum absolute atomic E-state index is 0.00541. The smallest absolute Gasteiger partial charge is 0.257 e. The fraction of sp³-hybridized carbons (Fsp3) is 0.440. The summed E-state index contributed by atoms with van der Waals surface area (Å²) >= 11 is 0. The van der Waals surface area contributed by atoms with Gasteiger partial charge in [-0.25, -0.2) is 9.97 Å². The van der Waals surface area contributed by atoms with E-state index in [2.05, 4.69) is 9.97 Å². The number of carbonyl (C=O) groups excluding carboxylic acids is 2. The fourth-order valence-electron chi connectivity index (χ4n) is 4.96. The van der Waals surface area contributed by atoms with E-state index in [1.165, 1.54) is 6.42 Å². The van der Waals surface area contributed by atoms with Gasteiger partial charge in [-0.05, 0) is 57.2 Å². The molecule has 2 aromatic heterocycles. The molecule has 2 aliphatic rings. The van der Waals surface area contributed by atoms with Crippen LogP contribution in [-0.2, 0) is 0 Å². The van der Waals surface area contributed by atoms with Crippen molar-refractivity contribution in [2.45, 2.75) is 45.1 Å². The van der Waals surface area contributed by atoms with E-state index in [1.807, 2.05) is 34.9 Å². The molecule has 2 fully saturated rings. The van der Waals surface area contributed by atoms with Gasteiger partial charge in [-0.2, -0.15) is 0 Å². The molecule has 1 aromatic carbocycles. The summed E-state index contributed by atoms with van der Waals surface area (Å²) in [4.78, 5) is 42.6. The van der Waals surface area contributed by atoms with Crippen molar-refractivity contribution in [1.29, 1.82) is 0 Å². The molecule has 2 amide bonds. The van der Waals surface area contributed by atoms with E-state index in [4.69, 9.17) is 9.72 Å². The van der Waals surface area contributed by atoms with Crippen molar-refractivity contribution in [2.24, 2.45) is 0 Å². The van der Waals surface area contributed by atoms with Gasteiger partial charge in [-0.1, -0.05) is 0 Å². The van der Waals surface area contributed by atoms with E-state index in [9.17, 15) is 9.59 Å². The van der Waals surface area contributed by atoms with Gasteiger partial charge >= 0.3 is 0 Å². The Morgan fingerprint density at radius 1 is 1.06 bits per heavy atom. The van der Waals surface area contributed by atoms with Crippen LogP contribution in [0.15, 0.2) is 30.6 Å². The summed E-state index contributed by atoms with van der Waals surface area (Å²) in [5, 5.41) is 0.838. The molecule has 0 spiro atoms. The summed E-state index contributed by atoms with van der Waals surface area (Å²) in [5.74, 6) is 1.27. The van der Waals surface area contributed by atoms with Crippen LogP contribution in [0.25, 0.3) is 10.9 Å². The summed E-state index contributed by atoms with van der Waals surface area (Å²) in [5.41, 5.74) is 2.74. The number of piperidine rings is 1. The molecular formula is C25H29N5O3. The Balaban J connectivity index is 1.40. The first-order valence-electron chi connectivity index (χ1n) is 11.7. The van der Waals surface area contributed by atoms with Crippen molar-refractivity contribution < 1.29 is 14.3 Å². The fourth-order valence-corrected chi connectivity index (χ4v) is 4.96. The van der Waals surface area contributed by atoms with E-state index in [-0.39, 0.29) is 17.9 Å². The summed E-state index contributed by atoms with van der Waals surface area (Å²) in [6, 6.07) is 5.46.